The lowest BCUT2D eigenvalue weighted by molar-refractivity contribution is 0.0954. The van der Waals surface area contributed by atoms with E-state index >= 15 is 0 Å². The van der Waals surface area contributed by atoms with Gasteiger partial charge in [0.15, 0.2) is 0 Å². The van der Waals surface area contributed by atoms with Gasteiger partial charge in [0.2, 0.25) is 0 Å². The van der Waals surface area contributed by atoms with E-state index in [1.54, 1.807) is 41.3 Å². The molecule has 0 radical (unpaired) electrons. The van der Waals surface area contributed by atoms with E-state index in [4.69, 9.17) is 16.7 Å². The van der Waals surface area contributed by atoms with Gasteiger partial charge in [-0.1, -0.05) is 22.9 Å². The average molecular weight is 485 g/mol. The van der Waals surface area contributed by atoms with Gasteiger partial charge in [-0.2, -0.15) is 0 Å². The SMILES string of the molecule is O=C(NCc1cn(-c2ccc(-c3ccc[nH]c3=O)cc2NCCCO)nn1)c1ccc(Cl)s1. The summed E-state index contributed by atoms with van der Waals surface area (Å²) in [6.07, 6.45) is 3.88. The van der Waals surface area contributed by atoms with E-state index in [0.717, 1.165) is 16.9 Å². The summed E-state index contributed by atoms with van der Waals surface area (Å²) in [6, 6.07) is 12.4. The second-order valence-electron chi connectivity index (χ2n) is 7.09. The van der Waals surface area contributed by atoms with E-state index in [9.17, 15) is 9.59 Å². The predicted molar refractivity (Wildman–Crippen MR) is 128 cm³/mol. The van der Waals surface area contributed by atoms with E-state index in [0.29, 0.717) is 33.4 Å². The van der Waals surface area contributed by atoms with Gasteiger partial charge in [-0.25, -0.2) is 4.68 Å². The molecule has 0 fully saturated rings. The summed E-state index contributed by atoms with van der Waals surface area (Å²) >= 11 is 7.09. The number of anilines is 1. The van der Waals surface area contributed by atoms with Crippen LogP contribution < -0.4 is 16.2 Å². The molecule has 170 valence electrons. The van der Waals surface area contributed by atoms with Crippen LogP contribution in [0.5, 0.6) is 0 Å². The number of rotatable bonds is 9. The maximum absolute atomic E-state index is 12.2. The first kappa shape index (κ1) is 22.7. The highest BCUT2D eigenvalue weighted by molar-refractivity contribution is 7.17. The minimum Gasteiger partial charge on any atom is -0.396 e. The average Bonchev–Trinajstić information content (AvgIpc) is 3.47. The number of hydrogen-bond acceptors (Lipinski definition) is 7. The first-order valence-electron chi connectivity index (χ1n) is 10.2. The maximum atomic E-state index is 12.2. The molecule has 0 saturated carbocycles. The standard InChI is InChI=1S/C22H21ClN6O3S/c23-20-7-6-19(33-20)22(32)26-12-15-13-29(28-27-15)18-5-4-14(11-17(18)24-9-2-10-30)16-3-1-8-25-21(16)31/h1,3-8,11,13,24,30H,2,9-10,12H2,(H,25,31)(H,26,32). The lowest BCUT2D eigenvalue weighted by Gasteiger charge is -2.13. The van der Waals surface area contributed by atoms with Crippen LogP contribution in [0.15, 0.2) is 59.7 Å². The van der Waals surface area contributed by atoms with E-state index < -0.39 is 0 Å². The van der Waals surface area contributed by atoms with Crippen molar-refractivity contribution in [3.05, 3.63) is 80.1 Å². The number of benzene rings is 1. The Morgan fingerprint density at radius 3 is 2.88 bits per heavy atom. The number of pyridine rings is 1. The third kappa shape index (κ3) is 5.48. The number of nitrogens with one attached hydrogen (secondary N) is 3. The van der Waals surface area contributed by atoms with Crippen LogP contribution in [0.2, 0.25) is 4.34 Å². The fraction of sp³-hybridized carbons (Fsp3) is 0.182. The molecule has 3 heterocycles. The lowest BCUT2D eigenvalue weighted by Crippen LogP contribution is -2.21. The van der Waals surface area contributed by atoms with Crippen molar-refractivity contribution in [2.45, 2.75) is 13.0 Å². The number of aliphatic hydroxyl groups excluding tert-OH is 1. The molecule has 0 saturated heterocycles. The molecule has 0 bridgehead atoms. The molecule has 0 unspecified atom stereocenters. The molecule has 0 atom stereocenters. The zero-order chi connectivity index (χ0) is 23.2. The second kappa shape index (κ2) is 10.4. The molecular weight excluding hydrogens is 464 g/mol. The number of halogens is 1. The van der Waals surface area contributed by atoms with Crippen molar-refractivity contribution in [2.75, 3.05) is 18.5 Å². The number of amides is 1. The topological polar surface area (TPSA) is 125 Å². The Morgan fingerprint density at radius 2 is 2.12 bits per heavy atom. The van der Waals surface area contributed by atoms with Gasteiger partial charge >= 0.3 is 0 Å². The van der Waals surface area contributed by atoms with Crippen molar-refractivity contribution in [2.24, 2.45) is 0 Å². The highest BCUT2D eigenvalue weighted by atomic mass is 35.5. The van der Waals surface area contributed by atoms with Crippen LogP contribution in [0.1, 0.15) is 21.8 Å². The first-order valence-corrected chi connectivity index (χ1v) is 11.4. The lowest BCUT2D eigenvalue weighted by atomic mass is 10.1. The normalized spacial score (nSPS) is 10.8. The Bertz CT molecular complexity index is 1320. The molecule has 11 heteroatoms. The van der Waals surface area contributed by atoms with Crippen LogP contribution in [-0.2, 0) is 6.54 Å². The van der Waals surface area contributed by atoms with Crippen LogP contribution in [0, 0.1) is 0 Å². The molecule has 0 aliphatic rings. The minimum atomic E-state index is -0.231. The summed E-state index contributed by atoms with van der Waals surface area (Å²) in [5.74, 6) is -0.231. The first-order chi connectivity index (χ1) is 16.0. The summed E-state index contributed by atoms with van der Waals surface area (Å²) in [7, 11) is 0. The number of nitrogens with zero attached hydrogens (tertiary/aromatic N) is 3. The van der Waals surface area contributed by atoms with Crippen LogP contribution in [0.3, 0.4) is 0 Å². The van der Waals surface area contributed by atoms with E-state index in [-0.39, 0.29) is 24.6 Å². The molecule has 4 N–H and O–H groups in total. The molecule has 0 aliphatic heterocycles. The van der Waals surface area contributed by atoms with E-state index in [1.165, 1.54) is 11.3 Å². The Labute approximate surface area is 198 Å². The molecule has 0 spiro atoms. The predicted octanol–water partition coefficient (Wildman–Crippen LogP) is 3.06. The quantitative estimate of drug-likeness (QED) is 0.271. The molecule has 4 aromatic rings. The van der Waals surface area contributed by atoms with Crippen molar-refractivity contribution < 1.29 is 9.90 Å². The van der Waals surface area contributed by atoms with E-state index in [1.807, 2.05) is 18.2 Å². The van der Waals surface area contributed by atoms with Gasteiger partial charge < -0.3 is 20.7 Å². The minimum absolute atomic E-state index is 0.0585. The number of aromatic nitrogens is 4. The maximum Gasteiger partial charge on any atom is 0.261 e. The van der Waals surface area contributed by atoms with Crippen LogP contribution in [0.25, 0.3) is 16.8 Å². The summed E-state index contributed by atoms with van der Waals surface area (Å²) in [5.41, 5.74) is 3.14. The highest BCUT2D eigenvalue weighted by Crippen LogP contribution is 2.26. The zero-order valence-corrected chi connectivity index (χ0v) is 19.0. The molecule has 9 nitrogen and oxygen atoms in total. The molecular formula is C22H21ClN6O3S. The molecule has 3 aromatic heterocycles. The molecule has 33 heavy (non-hydrogen) atoms. The van der Waals surface area contributed by atoms with Crippen molar-refractivity contribution >= 4 is 34.5 Å². The van der Waals surface area contributed by atoms with Crippen LogP contribution >= 0.6 is 22.9 Å². The Balaban J connectivity index is 1.56. The molecule has 1 aromatic carbocycles. The fourth-order valence-electron chi connectivity index (χ4n) is 3.19. The van der Waals surface area contributed by atoms with Gasteiger partial charge in [-0.15, -0.1) is 16.4 Å². The summed E-state index contributed by atoms with van der Waals surface area (Å²) < 4.78 is 2.15. The van der Waals surface area contributed by atoms with Gasteiger partial charge in [0.25, 0.3) is 11.5 Å². The summed E-state index contributed by atoms with van der Waals surface area (Å²) in [5, 5.41) is 23.6. The van der Waals surface area contributed by atoms with Crippen molar-refractivity contribution in [1.29, 1.82) is 0 Å². The third-order valence-corrected chi connectivity index (χ3v) is 6.02. The molecule has 1 amide bonds. The number of carbonyl (C=O) groups excluding carboxylic acids is 1. The van der Waals surface area contributed by atoms with Gasteiger partial charge in [-0.3, -0.25) is 9.59 Å². The zero-order valence-electron chi connectivity index (χ0n) is 17.4. The largest absolute Gasteiger partial charge is 0.396 e. The van der Waals surface area contributed by atoms with Crippen molar-refractivity contribution in [3.8, 4) is 16.8 Å². The monoisotopic (exact) mass is 484 g/mol. The van der Waals surface area contributed by atoms with Gasteiger partial charge in [-0.05, 0) is 48.4 Å². The Kier molecular flexibility index (Phi) is 7.18. The van der Waals surface area contributed by atoms with Crippen LogP contribution in [-0.4, -0.2) is 44.1 Å². The third-order valence-electron chi connectivity index (χ3n) is 4.79. The van der Waals surface area contributed by atoms with Gasteiger partial charge in [0.1, 0.15) is 5.69 Å². The van der Waals surface area contributed by atoms with Crippen molar-refractivity contribution in [1.82, 2.24) is 25.3 Å². The highest BCUT2D eigenvalue weighted by Gasteiger charge is 2.13. The number of aliphatic hydroxyl groups is 1. The number of carbonyl (C=O) groups is 1. The second-order valence-corrected chi connectivity index (χ2v) is 8.80. The van der Waals surface area contributed by atoms with Gasteiger partial charge in [0.05, 0.1) is 33.3 Å². The van der Waals surface area contributed by atoms with Gasteiger partial charge in [0, 0.05) is 24.9 Å². The van der Waals surface area contributed by atoms with Crippen molar-refractivity contribution in [3.63, 3.8) is 0 Å². The fourth-order valence-corrected chi connectivity index (χ4v) is 4.15. The number of thiophene rings is 1. The smallest absolute Gasteiger partial charge is 0.261 e. The number of aromatic amines is 1. The Hall–Kier alpha value is -3.47. The molecule has 4 rings (SSSR count). The number of H-pyrrole nitrogens is 1. The number of hydrogen-bond donors (Lipinski definition) is 4. The van der Waals surface area contributed by atoms with Crippen LogP contribution in [0.4, 0.5) is 5.69 Å². The van der Waals surface area contributed by atoms with E-state index in [2.05, 4.69) is 25.9 Å². The summed E-state index contributed by atoms with van der Waals surface area (Å²) in [6.45, 7) is 0.807. The molecule has 0 aliphatic carbocycles. The Morgan fingerprint density at radius 1 is 1.24 bits per heavy atom. The summed E-state index contributed by atoms with van der Waals surface area (Å²) in [4.78, 5) is 27.6.